The highest BCUT2D eigenvalue weighted by Gasteiger charge is 2.07. The minimum Gasteiger partial charge on any atom is -0.481 e. The van der Waals surface area contributed by atoms with Crippen molar-refractivity contribution in [2.45, 2.75) is 6.92 Å². The number of hydrogen-bond acceptors (Lipinski definition) is 4. The third kappa shape index (κ3) is 5.56. The van der Waals surface area contributed by atoms with Gasteiger partial charge in [-0.25, -0.2) is 9.59 Å². The van der Waals surface area contributed by atoms with Gasteiger partial charge in [-0.3, -0.25) is 0 Å². The first kappa shape index (κ1) is 15.2. The first-order chi connectivity index (χ1) is 9.02. The molecule has 1 N–H and O–H groups in total. The Hall–Kier alpha value is -1.82. The lowest BCUT2D eigenvalue weighted by molar-refractivity contribution is -0.145. The van der Waals surface area contributed by atoms with Crippen molar-refractivity contribution in [3.8, 4) is 5.75 Å². The van der Waals surface area contributed by atoms with Crippen LogP contribution in [0.25, 0.3) is 6.08 Å². The van der Waals surface area contributed by atoms with Gasteiger partial charge in [-0.1, -0.05) is 15.9 Å². The first-order valence-corrected chi connectivity index (χ1v) is 6.31. The van der Waals surface area contributed by atoms with Gasteiger partial charge in [-0.15, -0.1) is 0 Å². The summed E-state index contributed by atoms with van der Waals surface area (Å²) in [6.07, 6.45) is 2.40. The second kappa shape index (κ2) is 7.58. The molecule has 0 spiro atoms. The third-order valence-corrected chi connectivity index (χ3v) is 2.52. The molecule has 1 aromatic rings. The van der Waals surface area contributed by atoms with E-state index in [1.54, 1.807) is 25.1 Å². The number of carboxylic acid groups (broad SMARTS) is 1. The van der Waals surface area contributed by atoms with Crippen molar-refractivity contribution in [2.24, 2.45) is 0 Å². The summed E-state index contributed by atoms with van der Waals surface area (Å²) in [4.78, 5) is 21.7. The van der Waals surface area contributed by atoms with E-state index in [4.69, 9.17) is 14.6 Å². The summed E-state index contributed by atoms with van der Waals surface area (Å²) in [6.45, 7) is 1.77. The molecule has 102 valence electrons. The van der Waals surface area contributed by atoms with Gasteiger partial charge in [0.05, 0.1) is 6.61 Å². The molecule has 0 aromatic heterocycles. The van der Waals surface area contributed by atoms with Crippen molar-refractivity contribution >= 4 is 33.9 Å². The van der Waals surface area contributed by atoms with Crippen molar-refractivity contribution in [3.05, 3.63) is 34.3 Å². The molecule has 1 aromatic carbocycles. The summed E-state index contributed by atoms with van der Waals surface area (Å²) >= 11 is 3.28. The Morgan fingerprint density at radius 1 is 1.42 bits per heavy atom. The smallest absolute Gasteiger partial charge is 0.344 e. The Kier molecular flexibility index (Phi) is 6.08. The highest BCUT2D eigenvalue weighted by molar-refractivity contribution is 9.10. The summed E-state index contributed by atoms with van der Waals surface area (Å²) in [5.41, 5.74) is 0.557. The van der Waals surface area contributed by atoms with E-state index in [1.807, 2.05) is 0 Å². The monoisotopic (exact) mass is 328 g/mol. The molecule has 0 aliphatic rings. The van der Waals surface area contributed by atoms with E-state index in [0.717, 1.165) is 10.5 Å². The Morgan fingerprint density at radius 3 is 2.79 bits per heavy atom. The molecule has 0 heterocycles. The summed E-state index contributed by atoms with van der Waals surface area (Å²) < 4.78 is 10.8. The fourth-order valence-corrected chi connectivity index (χ4v) is 1.66. The molecule has 0 unspecified atom stereocenters. The number of carbonyl (C=O) groups excluding carboxylic acids is 1. The second-order valence-electron chi connectivity index (χ2n) is 3.45. The second-order valence-corrected chi connectivity index (χ2v) is 4.36. The average molecular weight is 329 g/mol. The van der Waals surface area contributed by atoms with Gasteiger partial charge in [0.2, 0.25) is 0 Å². The van der Waals surface area contributed by atoms with Gasteiger partial charge in [0, 0.05) is 16.1 Å². The lowest BCUT2D eigenvalue weighted by atomic mass is 10.2. The minimum atomic E-state index is -1.06. The van der Waals surface area contributed by atoms with Gasteiger partial charge >= 0.3 is 11.9 Å². The normalized spacial score (nSPS) is 10.4. The van der Waals surface area contributed by atoms with Crippen LogP contribution in [0.1, 0.15) is 12.5 Å². The maximum Gasteiger partial charge on any atom is 0.344 e. The van der Waals surface area contributed by atoms with E-state index >= 15 is 0 Å². The summed E-state index contributed by atoms with van der Waals surface area (Å²) in [5, 5.41) is 8.61. The largest absolute Gasteiger partial charge is 0.481 e. The van der Waals surface area contributed by atoms with E-state index in [0.29, 0.717) is 11.3 Å². The van der Waals surface area contributed by atoms with Crippen LogP contribution < -0.4 is 4.74 Å². The summed E-state index contributed by atoms with van der Waals surface area (Å²) in [6, 6.07) is 5.07. The SMILES string of the molecule is CCOC(=O)COc1ccc(Br)cc1C=CC(=O)O. The van der Waals surface area contributed by atoms with Crippen LogP contribution in [-0.2, 0) is 14.3 Å². The lowest BCUT2D eigenvalue weighted by Crippen LogP contribution is -2.14. The van der Waals surface area contributed by atoms with Crippen LogP contribution in [0.4, 0.5) is 0 Å². The minimum absolute atomic E-state index is 0.219. The lowest BCUT2D eigenvalue weighted by Gasteiger charge is -2.09. The van der Waals surface area contributed by atoms with Gasteiger partial charge in [0.1, 0.15) is 5.75 Å². The number of esters is 1. The first-order valence-electron chi connectivity index (χ1n) is 5.52. The molecule has 0 radical (unpaired) electrons. The van der Waals surface area contributed by atoms with Crippen LogP contribution in [-0.4, -0.2) is 30.3 Å². The quantitative estimate of drug-likeness (QED) is 0.641. The molecule has 0 atom stereocenters. The van der Waals surface area contributed by atoms with Crippen molar-refractivity contribution in [2.75, 3.05) is 13.2 Å². The van der Waals surface area contributed by atoms with Gasteiger partial charge in [-0.2, -0.15) is 0 Å². The van der Waals surface area contributed by atoms with E-state index in [-0.39, 0.29) is 13.2 Å². The van der Waals surface area contributed by atoms with E-state index in [2.05, 4.69) is 15.9 Å². The van der Waals surface area contributed by atoms with Crippen molar-refractivity contribution in [1.82, 2.24) is 0 Å². The molecule has 6 heteroatoms. The summed E-state index contributed by atoms with van der Waals surface area (Å²) in [5.74, 6) is -1.12. The summed E-state index contributed by atoms with van der Waals surface area (Å²) in [7, 11) is 0. The number of benzene rings is 1. The fraction of sp³-hybridized carbons (Fsp3) is 0.231. The van der Waals surface area contributed by atoms with Crippen LogP contribution in [0, 0.1) is 0 Å². The Labute approximate surface area is 119 Å². The molecule has 0 saturated heterocycles. The van der Waals surface area contributed by atoms with Crippen LogP contribution in [0.3, 0.4) is 0 Å². The topological polar surface area (TPSA) is 72.8 Å². The van der Waals surface area contributed by atoms with Crippen LogP contribution in [0.2, 0.25) is 0 Å². The Bertz CT molecular complexity index is 496. The zero-order chi connectivity index (χ0) is 14.3. The number of ether oxygens (including phenoxy) is 2. The van der Waals surface area contributed by atoms with Crippen molar-refractivity contribution in [1.29, 1.82) is 0 Å². The molecule has 0 bridgehead atoms. The van der Waals surface area contributed by atoms with E-state index in [1.165, 1.54) is 6.08 Å². The fourth-order valence-electron chi connectivity index (χ4n) is 1.28. The van der Waals surface area contributed by atoms with Crippen LogP contribution >= 0.6 is 15.9 Å². The number of hydrogen-bond donors (Lipinski definition) is 1. The number of carbonyl (C=O) groups is 2. The molecule has 0 saturated carbocycles. The highest BCUT2D eigenvalue weighted by atomic mass is 79.9. The van der Waals surface area contributed by atoms with E-state index in [9.17, 15) is 9.59 Å². The molecular formula is C13H13BrO5. The van der Waals surface area contributed by atoms with Crippen LogP contribution in [0.5, 0.6) is 5.75 Å². The van der Waals surface area contributed by atoms with Crippen LogP contribution in [0.15, 0.2) is 28.7 Å². The Balaban J connectivity index is 2.81. The molecule has 0 amide bonds. The van der Waals surface area contributed by atoms with Gasteiger partial charge in [-0.05, 0) is 31.2 Å². The number of rotatable bonds is 6. The van der Waals surface area contributed by atoms with Gasteiger partial charge < -0.3 is 14.6 Å². The highest BCUT2D eigenvalue weighted by Crippen LogP contribution is 2.24. The Morgan fingerprint density at radius 2 is 2.16 bits per heavy atom. The molecule has 0 aliphatic heterocycles. The zero-order valence-electron chi connectivity index (χ0n) is 10.3. The van der Waals surface area contributed by atoms with Gasteiger partial charge in [0.25, 0.3) is 0 Å². The molecular weight excluding hydrogens is 316 g/mol. The number of halogens is 1. The third-order valence-electron chi connectivity index (χ3n) is 2.03. The van der Waals surface area contributed by atoms with Crippen molar-refractivity contribution < 1.29 is 24.2 Å². The van der Waals surface area contributed by atoms with E-state index < -0.39 is 11.9 Å². The van der Waals surface area contributed by atoms with Crippen molar-refractivity contribution in [3.63, 3.8) is 0 Å². The molecule has 1 rings (SSSR count). The number of carboxylic acids is 1. The average Bonchev–Trinajstić information content (AvgIpc) is 2.35. The predicted octanol–water partition coefficient (Wildman–Crippen LogP) is 2.49. The molecule has 19 heavy (non-hydrogen) atoms. The van der Waals surface area contributed by atoms with Gasteiger partial charge in [0.15, 0.2) is 6.61 Å². The standard InChI is InChI=1S/C13H13BrO5/c1-2-18-13(17)8-19-11-5-4-10(14)7-9(11)3-6-12(15)16/h3-7H,2,8H2,1H3,(H,15,16). The maximum absolute atomic E-state index is 11.2. The zero-order valence-corrected chi connectivity index (χ0v) is 11.8. The molecule has 0 aliphatic carbocycles. The number of aliphatic carboxylic acids is 1. The molecule has 5 nitrogen and oxygen atoms in total. The molecule has 0 fully saturated rings. The maximum atomic E-state index is 11.2. The predicted molar refractivity (Wildman–Crippen MR) is 72.9 cm³/mol.